The first-order valence-electron chi connectivity index (χ1n) is 10.3. The number of carbonyl (C=O) groups excluding carboxylic acids is 3. The van der Waals surface area contributed by atoms with Crippen molar-refractivity contribution in [2.45, 2.75) is 39.2 Å². The normalized spacial score (nSPS) is 15.5. The van der Waals surface area contributed by atoms with Gasteiger partial charge in [0.25, 0.3) is 5.91 Å². The molecule has 1 aliphatic heterocycles. The Balaban J connectivity index is 1.51. The highest BCUT2D eigenvalue weighted by Gasteiger charge is 2.31. The van der Waals surface area contributed by atoms with Crippen LogP contribution in [0.25, 0.3) is 0 Å². The average molecular weight is 472 g/mol. The summed E-state index contributed by atoms with van der Waals surface area (Å²) in [6, 6.07) is 14.6. The molecule has 6 heteroatoms. The van der Waals surface area contributed by atoms with Crippen LogP contribution in [0.3, 0.4) is 0 Å². The number of Topliss-reactive ketones (excluding diaryl/α,β-unsaturated/α-hetero) is 1. The smallest absolute Gasteiger partial charge is 0.309 e. The number of halogens is 1. The summed E-state index contributed by atoms with van der Waals surface area (Å²) in [5.41, 5.74) is 2.33. The van der Waals surface area contributed by atoms with Crippen LogP contribution >= 0.6 is 15.9 Å². The van der Waals surface area contributed by atoms with Crippen molar-refractivity contribution >= 4 is 33.6 Å². The number of aryl methyl sites for hydroxylation is 1. The molecule has 0 spiro atoms. The van der Waals surface area contributed by atoms with E-state index in [2.05, 4.69) is 22.9 Å². The van der Waals surface area contributed by atoms with E-state index in [4.69, 9.17) is 4.74 Å². The molecule has 0 saturated carbocycles. The molecular formula is C24H26BrNO4. The SMILES string of the molecule is CCc1ccc(C(=O)C(C)OC(=O)C2CCN(C(=O)c3ccc(Br)cc3)CC2)cc1. The number of hydrogen-bond donors (Lipinski definition) is 0. The molecule has 0 aliphatic carbocycles. The molecule has 0 bridgehead atoms. The minimum Gasteiger partial charge on any atom is -0.454 e. The van der Waals surface area contributed by atoms with Gasteiger partial charge in [-0.05, 0) is 56.0 Å². The molecule has 1 saturated heterocycles. The zero-order valence-corrected chi connectivity index (χ0v) is 18.9. The first kappa shape index (κ1) is 22.2. The number of nitrogens with zero attached hydrogens (tertiary/aromatic N) is 1. The maximum absolute atomic E-state index is 12.6. The first-order chi connectivity index (χ1) is 14.4. The quantitative estimate of drug-likeness (QED) is 0.453. The molecule has 1 atom stereocenters. The number of rotatable bonds is 6. The predicted molar refractivity (Wildman–Crippen MR) is 118 cm³/mol. The molecule has 30 heavy (non-hydrogen) atoms. The molecular weight excluding hydrogens is 446 g/mol. The van der Waals surface area contributed by atoms with Gasteiger partial charge < -0.3 is 9.64 Å². The van der Waals surface area contributed by atoms with Crippen molar-refractivity contribution in [3.05, 3.63) is 69.7 Å². The highest BCUT2D eigenvalue weighted by Crippen LogP contribution is 2.22. The molecule has 0 radical (unpaired) electrons. The molecule has 1 fully saturated rings. The number of esters is 1. The summed E-state index contributed by atoms with van der Waals surface area (Å²) in [5, 5.41) is 0. The molecule has 2 aromatic carbocycles. The van der Waals surface area contributed by atoms with Gasteiger partial charge in [0.1, 0.15) is 0 Å². The molecule has 2 aromatic rings. The van der Waals surface area contributed by atoms with E-state index in [0.29, 0.717) is 37.1 Å². The topological polar surface area (TPSA) is 63.7 Å². The van der Waals surface area contributed by atoms with Crippen LogP contribution in [0.1, 0.15) is 53.0 Å². The molecule has 1 unspecified atom stereocenters. The van der Waals surface area contributed by atoms with Crippen molar-refractivity contribution in [1.29, 1.82) is 0 Å². The van der Waals surface area contributed by atoms with E-state index in [9.17, 15) is 14.4 Å². The van der Waals surface area contributed by atoms with Crippen LogP contribution in [-0.2, 0) is 16.0 Å². The third-order valence-electron chi connectivity index (χ3n) is 5.52. The fourth-order valence-electron chi connectivity index (χ4n) is 3.56. The number of carbonyl (C=O) groups is 3. The van der Waals surface area contributed by atoms with Crippen molar-refractivity contribution in [2.24, 2.45) is 5.92 Å². The van der Waals surface area contributed by atoms with Crippen LogP contribution < -0.4 is 0 Å². The van der Waals surface area contributed by atoms with Crippen LogP contribution in [0.4, 0.5) is 0 Å². The van der Waals surface area contributed by atoms with Gasteiger partial charge in [-0.3, -0.25) is 14.4 Å². The molecule has 0 aromatic heterocycles. The highest BCUT2D eigenvalue weighted by atomic mass is 79.9. The van der Waals surface area contributed by atoms with Crippen LogP contribution in [-0.4, -0.2) is 41.8 Å². The van der Waals surface area contributed by atoms with Gasteiger partial charge in [0.2, 0.25) is 5.78 Å². The lowest BCUT2D eigenvalue weighted by Crippen LogP contribution is -2.41. The Bertz CT molecular complexity index is 900. The minimum absolute atomic E-state index is 0.0339. The van der Waals surface area contributed by atoms with Gasteiger partial charge in [-0.15, -0.1) is 0 Å². The standard InChI is InChI=1S/C24H26BrNO4/c1-3-17-4-6-18(7-5-17)22(27)16(2)30-24(29)20-12-14-26(15-13-20)23(28)19-8-10-21(25)11-9-19/h4-11,16,20H,3,12-15H2,1-2H3. The summed E-state index contributed by atoms with van der Waals surface area (Å²) >= 11 is 3.36. The van der Waals surface area contributed by atoms with Crippen molar-refractivity contribution in [2.75, 3.05) is 13.1 Å². The van der Waals surface area contributed by atoms with E-state index in [0.717, 1.165) is 16.5 Å². The van der Waals surface area contributed by atoms with Crippen molar-refractivity contribution in [3.63, 3.8) is 0 Å². The maximum Gasteiger partial charge on any atom is 0.309 e. The lowest BCUT2D eigenvalue weighted by atomic mass is 9.96. The predicted octanol–water partition coefficient (Wildman–Crippen LogP) is 4.68. The van der Waals surface area contributed by atoms with E-state index in [1.54, 1.807) is 36.1 Å². The fraction of sp³-hybridized carbons (Fsp3) is 0.375. The molecule has 1 amide bonds. The number of benzene rings is 2. The van der Waals surface area contributed by atoms with Crippen molar-refractivity contribution in [1.82, 2.24) is 4.90 Å². The summed E-state index contributed by atoms with van der Waals surface area (Å²) in [4.78, 5) is 39.5. The number of likely N-dealkylation sites (tertiary alicyclic amines) is 1. The van der Waals surface area contributed by atoms with Crippen LogP contribution in [0, 0.1) is 5.92 Å². The Morgan fingerprint density at radius 1 is 1.00 bits per heavy atom. The molecule has 5 nitrogen and oxygen atoms in total. The largest absolute Gasteiger partial charge is 0.454 e. The van der Waals surface area contributed by atoms with Crippen LogP contribution in [0.15, 0.2) is 53.0 Å². The van der Waals surface area contributed by atoms with Gasteiger partial charge in [-0.2, -0.15) is 0 Å². The van der Waals surface area contributed by atoms with E-state index in [1.165, 1.54) is 0 Å². The van der Waals surface area contributed by atoms with Gasteiger partial charge >= 0.3 is 5.97 Å². The van der Waals surface area contributed by atoms with Gasteiger partial charge in [0.15, 0.2) is 6.10 Å². The van der Waals surface area contributed by atoms with Crippen LogP contribution in [0.2, 0.25) is 0 Å². The molecule has 158 valence electrons. The minimum atomic E-state index is -0.826. The average Bonchev–Trinajstić information content (AvgIpc) is 2.78. The van der Waals surface area contributed by atoms with Gasteiger partial charge in [0, 0.05) is 28.7 Å². The lowest BCUT2D eigenvalue weighted by Gasteiger charge is -2.31. The highest BCUT2D eigenvalue weighted by molar-refractivity contribution is 9.10. The zero-order chi connectivity index (χ0) is 21.7. The molecule has 1 aliphatic rings. The molecule has 0 N–H and O–H groups in total. The fourth-order valence-corrected chi connectivity index (χ4v) is 3.82. The van der Waals surface area contributed by atoms with E-state index in [1.807, 2.05) is 24.3 Å². The van der Waals surface area contributed by atoms with E-state index >= 15 is 0 Å². The van der Waals surface area contributed by atoms with Crippen LogP contribution in [0.5, 0.6) is 0 Å². The summed E-state index contributed by atoms with van der Waals surface area (Å²) in [6.45, 7) is 4.66. The number of hydrogen-bond acceptors (Lipinski definition) is 4. The van der Waals surface area contributed by atoms with Crippen molar-refractivity contribution < 1.29 is 19.1 Å². The summed E-state index contributed by atoms with van der Waals surface area (Å²) < 4.78 is 6.38. The summed E-state index contributed by atoms with van der Waals surface area (Å²) in [6.07, 6.45) is 1.15. The molecule has 1 heterocycles. The summed E-state index contributed by atoms with van der Waals surface area (Å²) in [5.74, 6) is -0.893. The third kappa shape index (κ3) is 5.36. The first-order valence-corrected chi connectivity index (χ1v) is 11.1. The Kier molecular flexibility index (Phi) is 7.43. The Morgan fingerprint density at radius 2 is 1.57 bits per heavy atom. The number of piperidine rings is 1. The Morgan fingerprint density at radius 3 is 2.13 bits per heavy atom. The van der Waals surface area contributed by atoms with E-state index < -0.39 is 6.10 Å². The lowest BCUT2D eigenvalue weighted by molar-refractivity contribution is -0.152. The zero-order valence-electron chi connectivity index (χ0n) is 17.3. The van der Waals surface area contributed by atoms with E-state index in [-0.39, 0.29) is 23.6 Å². The number of ether oxygens (including phenoxy) is 1. The second kappa shape index (κ2) is 10.0. The van der Waals surface area contributed by atoms with Gasteiger partial charge in [-0.25, -0.2) is 0 Å². The van der Waals surface area contributed by atoms with Crippen molar-refractivity contribution in [3.8, 4) is 0 Å². The monoisotopic (exact) mass is 471 g/mol. The Hall–Kier alpha value is -2.47. The van der Waals surface area contributed by atoms with Gasteiger partial charge in [-0.1, -0.05) is 47.1 Å². The summed E-state index contributed by atoms with van der Waals surface area (Å²) in [7, 11) is 0. The second-order valence-electron chi connectivity index (χ2n) is 7.57. The van der Waals surface area contributed by atoms with Gasteiger partial charge in [0.05, 0.1) is 5.92 Å². The second-order valence-corrected chi connectivity index (χ2v) is 8.48. The number of ketones is 1. The maximum atomic E-state index is 12.6. The Labute approximate surface area is 185 Å². The molecule has 3 rings (SSSR count). The third-order valence-corrected chi connectivity index (χ3v) is 6.04. The number of amides is 1.